The second-order valence-corrected chi connectivity index (χ2v) is 4.42. The first kappa shape index (κ1) is 16.4. The molecule has 0 saturated heterocycles. The Labute approximate surface area is 120 Å². The van der Waals surface area contributed by atoms with Crippen molar-refractivity contribution in [2.24, 2.45) is 0 Å². The van der Waals surface area contributed by atoms with Crippen LogP contribution in [0, 0.1) is 5.82 Å². The molecule has 0 unspecified atom stereocenters. The van der Waals surface area contributed by atoms with Crippen molar-refractivity contribution in [1.29, 1.82) is 0 Å². The number of nitrogens with zero attached hydrogens (tertiary/aromatic N) is 1. The highest BCUT2D eigenvalue weighted by atomic mass is 19.1. The molecule has 0 aliphatic rings. The van der Waals surface area contributed by atoms with Gasteiger partial charge in [0.2, 0.25) is 0 Å². The van der Waals surface area contributed by atoms with Gasteiger partial charge in [0.1, 0.15) is 11.9 Å². The molecule has 21 heavy (non-hydrogen) atoms. The fourth-order valence-corrected chi connectivity index (χ4v) is 1.57. The Bertz CT molecular complexity index is 532. The normalized spacial score (nSPS) is 11.5. The largest absolute Gasteiger partial charge is 0.481 e. The quantitative estimate of drug-likeness (QED) is 0.723. The summed E-state index contributed by atoms with van der Waals surface area (Å²) in [5.74, 6) is -3.16. The van der Waals surface area contributed by atoms with Gasteiger partial charge >= 0.3 is 18.0 Å². The van der Waals surface area contributed by atoms with E-state index in [1.165, 1.54) is 36.2 Å². The molecule has 1 atom stereocenters. The Kier molecular flexibility index (Phi) is 5.65. The Morgan fingerprint density at radius 2 is 1.81 bits per heavy atom. The van der Waals surface area contributed by atoms with Gasteiger partial charge in [-0.15, -0.1) is 0 Å². The molecule has 0 spiro atoms. The van der Waals surface area contributed by atoms with Crippen molar-refractivity contribution >= 4 is 18.0 Å². The maximum Gasteiger partial charge on any atom is 0.326 e. The summed E-state index contributed by atoms with van der Waals surface area (Å²) in [5.41, 5.74) is 0.652. The third kappa shape index (κ3) is 5.47. The SMILES string of the molecule is CN(Cc1ccc(F)cc1)C(=O)N[C@H](CC(=O)O)C(=O)O. The fourth-order valence-electron chi connectivity index (χ4n) is 1.57. The van der Waals surface area contributed by atoms with Crippen molar-refractivity contribution < 1.29 is 29.0 Å². The number of aliphatic carboxylic acids is 2. The van der Waals surface area contributed by atoms with Crippen molar-refractivity contribution in [3.63, 3.8) is 0 Å². The van der Waals surface area contributed by atoms with Crippen molar-refractivity contribution in [3.8, 4) is 0 Å². The highest BCUT2D eigenvalue weighted by Gasteiger charge is 2.24. The van der Waals surface area contributed by atoms with Crippen LogP contribution in [0.25, 0.3) is 0 Å². The number of carbonyl (C=O) groups excluding carboxylic acids is 1. The number of carbonyl (C=O) groups is 3. The lowest BCUT2D eigenvalue weighted by molar-refractivity contribution is -0.145. The molecule has 1 aromatic carbocycles. The summed E-state index contributed by atoms with van der Waals surface area (Å²) in [5, 5.41) is 19.5. The minimum Gasteiger partial charge on any atom is -0.481 e. The number of halogens is 1. The van der Waals surface area contributed by atoms with Gasteiger partial charge in [-0.3, -0.25) is 4.79 Å². The molecular formula is C13H15FN2O5. The van der Waals surface area contributed by atoms with Crippen molar-refractivity contribution in [2.45, 2.75) is 19.0 Å². The molecule has 1 aromatic rings. The molecule has 0 aromatic heterocycles. The van der Waals surface area contributed by atoms with Crippen LogP contribution in [0.3, 0.4) is 0 Å². The molecule has 7 nitrogen and oxygen atoms in total. The van der Waals surface area contributed by atoms with Gasteiger partial charge in [0.25, 0.3) is 0 Å². The first-order valence-corrected chi connectivity index (χ1v) is 6.00. The molecule has 0 fully saturated rings. The topological polar surface area (TPSA) is 107 Å². The third-order valence-electron chi connectivity index (χ3n) is 2.65. The van der Waals surface area contributed by atoms with Crippen LogP contribution in [0.2, 0.25) is 0 Å². The number of benzene rings is 1. The number of rotatable bonds is 6. The molecular weight excluding hydrogens is 283 g/mol. The number of amides is 2. The molecule has 0 saturated carbocycles. The van der Waals surface area contributed by atoms with Crippen LogP contribution in [-0.4, -0.2) is 46.2 Å². The number of urea groups is 1. The Balaban J connectivity index is 2.62. The van der Waals surface area contributed by atoms with Gasteiger partial charge < -0.3 is 20.4 Å². The summed E-state index contributed by atoms with van der Waals surface area (Å²) in [6.07, 6.45) is -0.717. The standard InChI is InChI=1S/C13H15FN2O5/c1-16(7-8-2-4-9(14)5-3-8)13(21)15-10(12(19)20)6-11(17)18/h2-5,10H,6-7H2,1H3,(H,15,21)(H,17,18)(H,19,20)/t10-/m1/s1. The fraction of sp³-hybridized carbons (Fsp3) is 0.308. The zero-order chi connectivity index (χ0) is 16.0. The van der Waals surface area contributed by atoms with Gasteiger partial charge in [-0.2, -0.15) is 0 Å². The smallest absolute Gasteiger partial charge is 0.326 e. The second-order valence-electron chi connectivity index (χ2n) is 4.42. The van der Waals surface area contributed by atoms with Crippen LogP contribution in [0.5, 0.6) is 0 Å². The Hall–Kier alpha value is -2.64. The summed E-state index contributed by atoms with van der Waals surface area (Å²) < 4.78 is 12.8. The minimum atomic E-state index is -1.51. The number of nitrogens with one attached hydrogen (secondary N) is 1. The van der Waals surface area contributed by atoms with Crippen LogP contribution in [0.15, 0.2) is 24.3 Å². The lowest BCUT2D eigenvalue weighted by atomic mass is 10.2. The van der Waals surface area contributed by atoms with Crippen LogP contribution in [-0.2, 0) is 16.1 Å². The van der Waals surface area contributed by atoms with E-state index in [4.69, 9.17) is 10.2 Å². The Morgan fingerprint density at radius 1 is 1.24 bits per heavy atom. The summed E-state index contributed by atoms with van der Waals surface area (Å²) in [6, 6.07) is 3.23. The molecule has 3 N–H and O–H groups in total. The molecule has 0 aliphatic carbocycles. The van der Waals surface area contributed by atoms with E-state index >= 15 is 0 Å². The monoisotopic (exact) mass is 298 g/mol. The van der Waals surface area contributed by atoms with Crippen molar-refractivity contribution in [1.82, 2.24) is 10.2 Å². The zero-order valence-corrected chi connectivity index (χ0v) is 11.2. The summed E-state index contributed by atoms with van der Waals surface area (Å²) >= 11 is 0. The number of carboxylic acid groups (broad SMARTS) is 2. The maximum absolute atomic E-state index is 12.8. The van der Waals surface area contributed by atoms with Gasteiger partial charge in [-0.1, -0.05) is 12.1 Å². The molecule has 2 amide bonds. The predicted octanol–water partition coefficient (Wildman–Crippen LogP) is 0.895. The summed E-state index contributed by atoms with van der Waals surface area (Å²) in [4.78, 5) is 34.3. The first-order chi connectivity index (χ1) is 9.79. The highest BCUT2D eigenvalue weighted by Crippen LogP contribution is 2.06. The minimum absolute atomic E-state index is 0.130. The maximum atomic E-state index is 12.8. The van der Waals surface area contributed by atoms with E-state index in [1.807, 2.05) is 0 Å². The molecule has 8 heteroatoms. The molecule has 0 aliphatic heterocycles. The van der Waals surface area contributed by atoms with E-state index < -0.39 is 36.2 Å². The van der Waals surface area contributed by atoms with E-state index in [2.05, 4.69) is 5.32 Å². The molecule has 0 bridgehead atoms. The summed E-state index contributed by atoms with van der Waals surface area (Å²) in [6.45, 7) is 0.130. The second kappa shape index (κ2) is 7.22. The molecule has 0 heterocycles. The number of hydrogen-bond acceptors (Lipinski definition) is 3. The van der Waals surface area contributed by atoms with E-state index in [1.54, 1.807) is 0 Å². The number of hydrogen-bond donors (Lipinski definition) is 3. The third-order valence-corrected chi connectivity index (χ3v) is 2.65. The van der Waals surface area contributed by atoms with Gasteiger partial charge in [0.15, 0.2) is 0 Å². The molecule has 1 rings (SSSR count). The van der Waals surface area contributed by atoms with E-state index in [0.717, 1.165) is 0 Å². The van der Waals surface area contributed by atoms with Crippen LogP contribution >= 0.6 is 0 Å². The van der Waals surface area contributed by atoms with Gasteiger partial charge in [0, 0.05) is 13.6 Å². The van der Waals surface area contributed by atoms with Crippen molar-refractivity contribution in [3.05, 3.63) is 35.6 Å². The molecule has 0 radical (unpaired) electrons. The average Bonchev–Trinajstić information content (AvgIpc) is 2.39. The van der Waals surface area contributed by atoms with Gasteiger partial charge in [0.05, 0.1) is 6.42 Å². The average molecular weight is 298 g/mol. The van der Waals surface area contributed by atoms with E-state index in [9.17, 15) is 18.8 Å². The van der Waals surface area contributed by atoms with Gasteiger partial charge in [-0.25, -0.2) is 14.0 Å². The highest BCUT2D eigenvalue weighted by molar-refractivity contribution is 5.86. The lowest BCUT2D eigenvalue weighted by Crippen LogP contribution is -2.47. The van der Waals surface area contributed by atoms with Crippen LogP contribution in [0.1, 0.15) is 12.0 Å². The Morgan fingerprint density at radius 3 is 2.29 bits per heavy atom. The first-order valence-electron chi connectivity index (χ1n) is 6.00. The van der Waals surface area contributed by atoms with Crippen LogP contribution < -0.4 is 5.32 Å². The van der Waals surface area contributed by atoms with E-state index in [-0.39, 0.29) is 6.54 Å². The van der Waals surface area contributed by atoms with Crippen LogP contribution in [0.4, 0.5) is 9.18 Å². The van der Waals surface area contributed by atoms with Gasteiger partial charge in [-0.05, 0) is 17.7 Å². The lowest BCUT2D eigenvalue weighted by Gasteiger charge is -2.20. The summed E-state index contributed by atoms with van der Waals surface area (Å²) in [7, 11) is 1.42. The zero-order valence-electron chi connectivity index (χ0n) is 11.2. The predicted molar refractivity (Wildman–Crippen MR) is 70.1 cm³/mol. The van der Waals surface area contributed by atoms with E-state index in [0.29, 0.717) is 5.56 Å². The molecule has 114 valence electrons. The van der Waals surface area contributed by atoms with Crippen molar-refractivity contribution in [2.75, 3.05) is 7.05 Å². The number of carboxylic acids is 2.